The van der Waals surface area contributed by atoms with Crippen molar-refractivity contribution in [2.75, 3.05) is 11.9 Å². The van der Waals surface area contributed by atoms with Crippen molar-refractivity contribution in [1.29, 1.82) is 0 Å². The van der Waals surface area contributed by atoms with Gasteiger partial charge < -0.3 is 16.0 Å². The van der Waals surface area contributed by atoms with Gasteiger partial charge in [-0.1, -0.05) is 42.5 Å². The van der Waals surface area contributed by atoms with Gasteiger partial charge in [0.15, 0.2) is 0 Å². The van der Waals surface area contributed by atoms with Crippen LogP contribution in [0.15, 0.2) is 54.6 Å². The number of hydrogen-bond acceptors (Lipinski definition) is 2. The zero-order chi connectivity index (χ0) is 16.5. The number of halogens is 1. The van der Waals surface area contributed by atoms with E-state index in [1.165, 1.54) is 12.1 Å². The summed E-state index contributed by atoms with van der Waals surface area (Å²) in [4.78, 5) is 23.3. The van der Waals surface area contributed by atoms with Gasteiger partial charge in [-0.3, -0.25) is 4.79 Å². The Balaban J connectivity index is 1.65. The van der Waals surface area contributed by atoms with Gasteiger partial charge in [-0.15, -0.1) is 0 Å². The Morgan fingerprint density at radius 2 is 1.61 bits per heavy atom. The number of amides is 3. The SMILES string of the molecule is O=C(CCNC(=O)NCc1ccccc1)Nc1ccccc1F. The number of anilines is 1. The fourth-order valence-corrected chi connectivity index (χ4v) is 1.91. The Hall–Kier alpha value is -2.89. The maximum atomic E-state index is 13.4. The molecular formula is C17H18FN3O2. The van der Waals surface area contributed by atoms with E-state index in [4.69, 9.17) is 0 Å². The third-order valence-electron chi connectivity index (χ3n) is 3.08. The molecule has 0 radical (unpaired) electrons. The minimum Gasteiger partial charge on any atom is -0.338 e. The van der Waals surface area contributed by atoms with Crippen LogP contribution in [0, 0.1) is 5.82 Å². The summed E-state index contributed by atoms with van der Waals surface area (Å²) in [5.74, 6) is -0.854. The quantitative estimate of drug-likeness (QED) is 0.767. The molecule has 6 heteroatoms. The lowest BCUT2D eigenvalue weighted by Crippen LogP contribution is -2.36. The summed E-state index contributed by atoms with van der Waals surface area (Å²) in [6.07, 6.45) is 0.0626. The van der Waals surface area contributed by atoms with Crippen LogP contribution in [-0.2, 0) is 11.3 Å². The highest BCUT2D eigenvalue weighted by Gasteiger charge is 2.07. The van der Waals surface area contributed by atoms with E-state index in [1.807, 2.05) is 30.3 Å². The van der Waals surface area contributed by atoms with Crippen molar-refractivity contribution in [1.82, 2.24) is 10.6 Å². The molecule has 0 atom stereocenters. The van der Waals surface area contributed by atoms with Crippen LogP contribution in [-0.4, -0.2) is 18.5 Å². The van der Waals surface area contributed by atoms with Crippen LogP contribution in [0.2, 0.25) is 0 Å². The second kappa shape index (κ2) is 8.53. The highest BCUT2D eigenvalue weighted by Crippen LogP contribution is 2.12. The normalized spacial score (nSPS) is 9.96. The van der Waals surface area contributed by atoms with Crippen LogP contribution in [0.4, 0.5) is 14.9 Å². The van der Waals surface area contributed by atoms with Crippen molar-refractivity contribution >= 4 is 17.6 Å². The lowest BCUT2D eigenvalue weighted by atomic mass is 10.2. The molecule has 0 aliphatic carbocycles. The van der Waals surface area contributed by atoms with Gasteiger partial charge in [-0.05, 0) is 17.7 Å². The predicted molar refractivity (Wildman–Crippen MR) is 86.3 cm³/mol. The van der Waals surface area contributed by atoms with E-state index in [2.05, 4.69) is 16.0 Å². The molecule has 0 heterocycles. The maximum Gasteiger partial charge on any atom is 0.315 e. The van der Waals surface area contributed by atoms with Crippen molar-refractivity contribution in [3.8, 4) is 0 Å². The Kier molecular flexibility index (Phi) is 6.11. The van der Waals surface area contributed by atoms with Crippen LogP contribution >= 0.6 is 0 Å². The molecule has 0 spiro atoms. The van der Waals surface area contributed by atoms with Gasteiger partial charge in [0.25, 0.3) is 0 Å². The summed E-state index contributed by atoms with van der Waals surface area (Å²) in [7, 11) is 0. The highest BCUT2D eigenvalue weighted by molar-refractivity contribution is 5.91. The Bertz CT molecular complexity index is 662. The van der Waals surface area contributed by atoms with Gasteiger partial charge in [0.05, 0.1) is 5.69 Å². The van der Waals surface area contributed by atoms with E-state index >= 15 is 0 Å². The van der Waals surface area contributed by atoms with Crippen molar-refractivity contribution in [2.45, 2.75) is 13.0 Å². The molecule has 0 bridgehead atoms. The molecule has 2 aromatic rings. The molecule has 5 nitrogen and oxygen atoms in total. The molecule has 23 heavy (non-hydrogen) atoms. The number of urea groups is 1. The molecule has 0 saturated heterocycles. The van der Waals surface area contributed by atoms with Crippen molar-refractivity contribution in [3.05, 3.63) is 66.0 Å². The van der Waals surface area contributed by atoms with Crippen LogP contribution in [0.1, 0.15) is 12.0 Å². The summed E-state index contributed by atoms with van der Waals surface area (Å²) < 4.78 is 13.4. The summed E-state index contributed by atoms with van der Waals surface area (Å²) in [6.45, 7) is 0.578. The number of para-hydroxylation sites is 1. The largest absolute Gasteiger partial charge is 0.338 e. The standard InChI is InChI=1S/C17H18FN3O2/c18-14-8-4-5-9-15(14)21-16(22)10-11-19-17(23)20-12-13-6-2-1-3-7-13/h1-9H,10-12H2,(H,21,22)(H2,19,20,23). The van der Waals surface area contributed by atoms with Crippen molar-refractivity contribution < 1.29 is 14.0 Å². The zero-order valence-corrected chi connectivity index (χ0v) is 12.5. The first-order valence-corrected chi connectivity index (χ1v) is 7.25. The van der Waals surface area contributed by atoms with E-state index in [9.17, 15) is 14.0 Å². The molecule has 0 aromatic heterocycles. The van der Waals surface area contributed by atoms with Crippen LogP contribution in [0.5, 0.6) is 0 Å². The number of carbonyl (C=O) groups is 2. The minimum atomic E-state index is -0.491. The first-order chi connectivity index (χ1) is 11.1. The minimum absolute atomic E-state index is 0.0626. The lowest BCUT2D eigenvalue weighted by molar-refractivity contribution is -0.116. The fourth-order valence-electron chi connectivity index (χ4n) is 1.91. The van der Waals surface area contributed by atoms with Gasteiger partial charge in [-0.25, -0.2) is 9.18 Å². The van der Waals surface area contributed by atoms with Crippen molar-refractivity contribution in [2.24, 2.45) is 0 Å². The first kappa shape index (κ1) is 16.5. The second-order valence-corrected chi connectivity index (χ2v) is 4.87. The topological polar surface area (TPSA) is 70.2 Å². The van der Waals surface area contributed by atoms with Gasteiger partial charge >= 0.3 is 6.03 Å². The fraction of sp³-hybridized carbons (Fsp3) is 0.176. The summed E-state index contributed by atoms with van der Waals surface area (Å²) in [6, 6.07) is 15.1. The van der Waals surface area contributed by atoms with E-state index in [-0.39, 0.29) is 30.6 Å². The van der Waals surface area contributed by atoms with E-state index in [0.29, 0.717) is 6.54 Å². The van der Waals surface area contributed by atoms with E-state index in [1.54, 1.807) is 12.1 Å². The Morgan fingerprint density at radius 1 is 0.913 bits per heavy atom. The first-order valence-electron chi connectivity index (χ1n) is 7.25. The van der Waals surface area contributed by atoms with E-state index < -0.39 is 5.82 Å². The monoisotopic (exact) mass is 315 g/mol. The number of carbonyl (C=O) groups excluding carboxylic acids is 2. The molecule has 0 saturated carbocycles. The van der Waals surface area contributed by atoms with Gasteiger partial charge in [0.2, 0.25) is 5.91 Å². The molecular weight excluding hydrogens is 297 g/mol. The zero-order valence-electron chi connectivity index (χ0n) is 12.5. The number of hydrogen-bond donors (Lipinski definition) is 3. The third-order valence-corrected chi connectivity index (χ3v) is 3.08. The van der Waals surface area contributed by atoms with E-state index in [0.717, 1.165) is 5.56 Å². The molecule has 2 aromatic carbocycles. The molecule has 120 valence electrons. The Labute approximate surface area is 133 Å². The Morgan fingerprint density at radius 3 is 2.35 bits per heavy atom. The molecule has 0 unspecified atom stereocenters. The van der Waals surface area contributed by atoms with Crippen molar-refractivity contribution in [3.63, 3.8) is 0 Å². The van der Waals surface area contributed by atoms with Gasteiger partial charge in [-0.2, -0.15) is 0 Å². The number of nitrogens with one attached hydrogen (secondary N) is 3. The smallest absolute Gasteiger partial charge is 0.315 e. The van der Waals surface area contributed by atoms with Crippen LogP contribution in [0.3, 0.4) is 0 Å². The summed E-state index contributed by atoms with van der Waals surface area (Å²) in [5, 5.41) is 7.73. The maximum absolute atomic E-state index is 13.4. The molecule has 2 rings (SSSR count). The summed E-state index contributed by atoms with van der Waals surface area (Å²) >= 11 is 0. The number of benzene rings is 2. The average Bonchev–Trinajstić information content (AvgIpc) is 2.56. The third kappa shape index (κ3) is 5.78. The van der Waals surface area contributed by atoms with Gasteiger partial charge in [0.1, 0.15) is 5.82 Å². The highest BCUT2D eigenvalue weighted by atomic mass is 19.1. The predicted octanol–water partition coefficient (Wildman–Crippen LogP) is 2.65. The molecule has 0 fully saturated rings. The average molecular weight is 315 g/mol. The second-order valence-electron chi connectivity index (χ2n) is 4.87. The molecule has 0 aliphatic heterocycles. The van der Waals surface area contributed by atoms with Crippen LogP contribution < -0.4 is 16.0 Å². The molecule has 0 aliphatic rings. The van der Waals surface area contributed by atoms with Gasteiger partial charge in [0, 0.05) is 19.5 Å². The summed E-state index contributed by atoms with van der Waals surface area (Å²) in [5.41, 5.74) is 1.12. The lowest BCUT2D eigenvalue weighted by Gasteiger charge is -2.08. The molecule has 3 N–H and O–H groups in total. The number of rotatable bonds is 6. The molecule has 3 amide bonds. The van der Waals surface area contributed by atoms with Crippen LogP contribution in [0.25, 0.3) is 0 Å².